The first-order valence-electron chi connectivity index (χ1n) is 47.2. The lowest BCUT2D eigenvalue weighted by molar-refractivity contribution is -0.0593. The zero-order valence-corrected chi connectivity index (χ0v) is 85.9. The van der Waals surface area contributed by atoms with Crippen LogP contribution in [0.3, 0.4) is 0 Å². The van der Waals surface area contributed by atoms with Gasteiger partial charge in [0.2, 0.25) is 0 Å². The number of pyridine rings is 4. The SMILES string of the molecule is CC[C@@H](C)Nc1cc(C)c(-c2sc(C(=O)NC3CCCC3O)nc2C(=O)N2CCC[C@@H]2C)cn1.Cc1cc(NC(C)(C)C)ncc1-c1sc(C(=O)NC2(C)COC2)nc1C(=O)N1CCC[C@@H]1C.Cc1cc(NC(C)(C)C)ncc1-c1sc(C(=O)NC2CC(O)C2)nc1C(=O)N1CCC[C@@H]1C.Cc1cc(NC(C)(C)C)ncc1-c1sc(C(=O)N[C@@H](C)C(C)(C)O)nc1C(=O)N1CC(F)(F)C[C@@H]1C. The fraction of sp³-hybridized carbons (Fsp3) is 0.592. The zero-order valence-electron chi connectivity index (χ0n) is 82.6. The van der Waals surface area contributed by atoms with Crippen LogP contribution in [-0.2, 0) is 4.74 Å². The summed E-state index contributed by atoms with van der Waals surface area (Å²) in [5.41, 5.74) is 5.54. The minimum atomic E-state index is -2.98. The summed E-state index contributed by atoms with van der Waals surface area (Å²) in [4.78, 5) is 151. The number of halogens is 2. The normalized spacial score (nSPS) is 21.1. The highest BCUT2D eigenvalue weighted by atomic mass is 32.1. The van der Waals surface area contributed by atoms with Crippen molar-refractivity contribution in [2.75, 3.05) is 60.7 Å². The van der Waals surface area contributed by atoms with Gasteiger partial charge in [-0.25, -0.2) is 48.7 Å². The smallest absolute Gasteiger partial charge is 0.280 e. The molecule has 15 rings (SSSR count). The lowest BCUT2D eigenvalue weighted by Gasteiger charge is -2.38. The third-order valence-corrected chi connectivity index (χ3v) is 29.5. The van der Waals surface area contributed by atoms with Crippen molar-refractivity contribution in [2.24, 2.45) is 0 Å². The van der Waals surface area contributed by atoms with Gasteiger partial charge >= 0.3 is 0 Å². The maximum atomic E-state index is 14.1. The first-order chi connectivity index (χ1) is 63.6. The Kier molecular flexibility index (Phi) is 32.8. The Balaban J connectivity index is 0.000000163. The number of aryl methyl sites for hydroxylation is 4. The summed E-state index contributed by atoms with van der Waals surface area (Å²) in [6, 6.07) is 6.90. The molecule has 0 bridgehead atoms. The van der Waals surface area contributed by atoms with E-state index in [9.17, 15) is 62.5 Å². The maximum Gasteiger partial charge on any atom is 0.280 e. The van der Waals surface area contributed by atoms with Crippen LogP contribution >= 0.6 is 45.3 Å². The second-order valence-electron chi connectivity index (χ2n) is 41.4. The molecule has 38 heteroatoms. The third kappa shape index (κ3) is 26.0. The Labute approximate surface area is 812 Å². The number of carbonyl (C=O) groups excluding carboxylic acids is 8. The Morgan fingerprint density at radius 1 is 0.493 bits per heavy atom. The number of aromatic nitrogens is 8. The highest BCUT2D eigenvalue weighted by Crippen LogP contribution is 2.43. The van der Waals surface area contributed by atoms with Crippen LogP contribution in [0.4, 0.5) is 32.1 Å². The van der Waals surface area contributed by atoms with Crippen molar-refractivity contribution in [3.63, 3.8) is 0 Å². The molecule has 136 heavy (non-hydrogen) atoms. The van der Waals surface area contributed by atoms with E-state index in [-0.39, 0.29) is 114 Å². The predicted molar refractivity (Wildman–Crippen MR) is 531 cm³/mol. The van der Waals surface area contributed by atoms with E-state index in [0.717, 1.165) is 130 Å². The van der Waals surface area contributed by atoms with Gasteiger partial charge in [0.25, 0.3) is 53.2 Å². The molecule has 8 aromatic heterocycles. The van der Waals surface area contributed by atoms with E-state index >= 15 is 0 Å². The number of aliphatic hydroxyl groups excluding tert-OH is 2. The number of carbonyl (C=O) groups is 8. The fourth-order valence-electron chi connectivity index (χ4n) is 17.0. The molecule has 11 N–H and O–H groups in total. The molecular weight excluding hydrogens is 1820 g/mol. The summed E-state index contributed by atoms with van der Waals surface area (Å²) in [5, 5.41) is 55.6. The number of nitrogens with zero attached hydrogens (tertiary/aromatic N) is 12. The molecule has 0 aromatic carbocycles. The predicted octanol–water partition coefficient (Wildman–Crippen LogP) is 15.9. The molecule has 13 heterocycles. The molecule has 5 aliphatic heterocycles. The minimum Gasteiger partial charge on any atom is -0.393 e. The van der Waals surface area contributed by atoms with Crippen LogP contribution in [0.1, 0.15) is 318 Å². The molecule has 7 fully saturated rings. The summed E-state index contributed by atoms with van der Waals surface area (Å²) < 4.78 is 33.4. The number of alkyl halides is 2. The number of thiazole rings is 4. The van der Waals surface area contributed by atoms with E-state index in [1.807, 2.05) is 108 Å². The molecule has 2 saturated carbocycles. The van der Waals surface area contributed by atoms with Gasteiger partial charge in [-0.3, -0.25) is 38.4 Å². The summed E-state index contributed by atoms with van der Waals surface area (Å²) in [6.07, 6.45) is 15.8. The fourth-order valence-corrected chi connectivity index (χ4v) is 21.1. The summed E-state index contributed by atoms with van der Waals surface area (Å²) in [7, 11) is 0. The molecular formula is C98H136F2N20O12S4. The first-order valence-corrected chi connectivity index (χ1v) is 50.5. The van der Waals surface area contributed by atoms with Crippen molar-refractivity contribution in [3.05, 3.63) is 114 Å². The van der Waals surface area contributed by atoms with Gasteiger partial charge in [-0.2, -0.15) is 0 Å². The van der Waals surface area contributed by atoms with Crippen molar-refractivity contribution in [2.45, 2.75) is 337 Å². The number of ether oxygens (including phenoxy) is 1. The molecule has 5 saturated heterocycles. The number of likely N-dealkylation sites (tertiary alicyclic amines) is 4. The van der Waals surface area contributed by atoms with E-state index in [4.69, 9.17) is 4.74 Å². The van der Waals surface area contributed by atoms with Crippen LogP contribution in [0.25, 0.3) is 41.8 Å². The number of rotatable bonds is 23. The molecule has 738 valence electrons. The van der Waals surface area contributed by atoms with Crippen molar-refractivity contribution >= 4 is 116 Å². The summed E-state index contributed by atoms with van der Waals surface area (Å²) in [5.74, 6) is -2.57. The van der Waals surface area contributed by atoms with Gasteiger partial charge in [-0.05, 0) is 276 Å². The largest absolute Gasteiger partial charge is 0.393 e. The molecule has 0 spiro atoms. The van der Waals surface area contributed by atoms with Crippen LogP contribution in [-0.4, -0.2) is 256 Å². The lowest BCUT2D eigenvalue weighted by Crippen LogP contribution is -2.59. The second-order valence-corrected chi connectivity index (χ2v) is 45.4. The quantitative estimate of drug-likeness (QED) is 0.0283. The number of hydrogen-bond acceptors (Lipinski definition) is 28. The number of nitrogens with one attached hydrogen (secondary N) is 8. The van der Waals surface area contributed by atoms with Gasteiger partial charge < -0.3 is 82.2 Å². The van der Waals surface area contributed by atoms with Gasteiger partial charge in [-0.15, -0.1) is 45.3 Å². The van der Waals surface area contributed by atoms with Crippen molar-refractivity contribution < 1.29 is 67.2 Å². The standard InChI is InChI=1S/C25H35F2N5O3S.C25H35N5O3S.2C24H33N5O3S/c1-13-9-17(31-23(4,5)6)28-11-16(13)19-18(22(34)32-12-25(26,27)10-14(32)2)30-21(36-19)20(33)29-15(3)24(7,8)35;1-5-15(3)27-20-12-14(2)17(13-26-20)22-21(25(33)30-11-7-8-16(30)4)29-24(34-22)23(32)28-18-9-6-10-19(18)31;1-14-10-17(27-23(3,4)5)25-11-16(14)19-18(22(31)29-9-7-8-15(29)2)26-21(33-19)20(30)28-24(6)12-32-13-24;1-13-9-18(28-24(3,4)5)25-12-17(13)20-19(23(32)29-8-6-7-14(29)2)27-22(33-20)21(31)26-15-10-16(30)11-15/h9,11,14-15,35H,10,12H2,1-8H3,(H,28,31)(H,29,33);12-13,15-16,18-19,31H,5-11H2,1-4H3,(H,26,27)(H,28,32);10-11,15H,7-9,12-13H2,1-6H3,(H,25,27)(H,28,30);9,12,14-16,30H,6-8,10-11H2,1-5H3,(H,25,28)(H,26,31)/t14-,15-;15-,16+,18?,19?;15-;14-,15?,16?/m0100/s1. The Morgan fingerprint density at radius 2 is 0.846 bits per heavy atom. The number of amides is 8. The van der Waals surface area contributed by atoms with E-state index in [0.29, 0.717) is 106 Å². The molecule has 0 radical (unpaired) electrons. The Bertz CT molecular complexity index is 5700. The molecule has 32 nitrogen and oxygen atoms in total. The average Bonchev–Trinajstić information content (AvgIpc) is 1.63. The Morgan fingerprint density at radius 3 is 1.15 bits per heavy atom. The van der Waals surface area contributed by atoms with E-state index in [1.54, 1.807) is 52.5 Å². The van der Waals surface area contributed by atoms with Crippen LogP contribution < -0.4 is 42.5 Å². The molecule has 8 aromatic rings. The second kappa shape index (κ2) is 42.6. The van der Waals surface area contributed by atoms with Gasteiger partial charge in [0, 0.05) is 126 Å². The topological polar surface area (TPSA) is 419 Å². The number of anilines is 4. The third-order valence-electron chi connectivity index (χ3n) is 25.2. The molecule has 7 aliphatic rings. The molecule has 2 unspecified atom stereocenters. The van der Waals surface area contributed by atoms with E-state index < -0.39 is 60.0 Å². The van der Waals surface area contributed by atoms with Gasteiger partial charge in [0.15, 0.2) is 20.0 Å². The van der Waals surface area contributed by atoms with Crippen LogP contribution in [0.5, 0.6) is 0 Å². The minimum absolute atomic E-state index is 0.000599. The van der Waals surface area contributed by atoms with Crippen molar-refractivity contribution in [1.29, 1.82) is 0 Å². The number of aliphatic hydroxyl groups is 3. The van der Waals surface area contributed by atoms with Crippen LogP contribution in [0.15, 0.2) is 49.1 Å². The van der Waals surface area contributed by atoms with Crippen molar-refractivity contribution in [3.8, 4) is 41.8 Å². The van der Waals surface area contributed by atoms with Gasteiger partial charge in [0.1, 0.15) is 46.0 Å². The molecule has 8 amide bonds. The maximum absolute atomic E-state index is 14.1. The van der Waals surface area contributed by atoms with Gasteiger partial charge in [-0.1, -0.05) is 6.92 Å². The highest BCUT2D eigenvalue weighted by molar-refractivity contribution is 7.18. The van der Waals surface area contributed by atoms with Crippen molar-refractivity contribution in [1.82, 2.24) is 80.7 Å². The lowest BCUT2D eigenvalue weighted by atomic mass is 9.89. The highest BCUT2D eigenvalue weighted by Gasteiger charge is 2.47. The van der Waals surface area contributed by atoms with Crippen LogP contribution in [0.2, 0.25) is 0 Å². The first kappa shape index (κ1) is 105. The molecule has 2 aliphatic carbocycles. The summed E-state index contributed by atoms with van der Waals surface area (Å²) in [6.45, 7) is 47.3. The number of hydrogen-bond donors (Lipinski definition) is 11. The zero-order chi connectivity index (χ0) is 99.5. The van der Waals surface area contributed by atoms with Gasteiger partial charge in [0.05, 0.1) is 74.7 Å². The molecule has 8 atom stereocenters. The van der Waals surface area contributed by atoms with E-state index in [2.05, 4.69) is 145 Å². The average molecular weight is 1950 g/mol. The van der Waals surface area contributed by atoms with Crippen LogP contribution in [0, 0.1) is 27.7 Å². The van der Waals surface area contributed by atoms with E-state index in [1.165, 1.54) is 34.0 Å². The monoisotopic (exact) mass is 1950 g/mol. The summed E-state index contributed by atoms with van der Waals surface area (Å²) >= 11 is 4.69. The Hall–Kier alpha value is -10.2.